The van der Waals surface area contributed by atoms with Gasteiger partial charge in [0.1, 0.15) is 0 Å². The molecule has 8 aromatic rings. The third-order valence-electron chi connectivity index (χ3n) is 9.50. The number of methoxy groups -OCH3 is 1. The van der Waals surface area contributed by atoms with Gasteiger partial charge in [-0.3, -0.25) is 0 Å². The number of hydrogen-bond donors (Lipinski definition) is 0. The van der Waals surface area contributed by atoms with E-state index in [1.807, 2.05) is 24.3 Å². The SMILES string of the molecule is COC(=O)c1cc2ccccc2cc1-c1ccc2c3c(cccc13)-c1c-2c(-c2ccccc2)c2ccccc2c1-c1ccccc1. The first-order valence-electron chi connectivity index (χ1n) is 15.6. The number of carbonyl (C=O) groups is 1. The van der Waals surface area contributed by atoms with Crippen molar-refractivity contribution in [2.45, 2.75) is 0 Å². The average molecular weight is 589 g/mol. The summed E-state index contributed by atoms with van der Waals surface area (Å²) in [4.78, 5) is 13.2. The lowest BCUT2D eigenvalue weighted by Crippen LogP contribution is -2.04. The first-order chi connectivity index (χ1) is 22.7. The molecule has 216 valence electrons. The summed E-state index contributed by atoms with van der Waals surface area (Å²) in [6.45, 7) is 0. The largest absolute Gasteiger partial charge is 0.465 e. The standard InChI is InChI=1S/C44H28O2/c1-46-44(45)38-26-30-18-9-8-17-29(30)25-37(38)31-23-24-36-41-32(31)21-12-22-35(41)42-39(27-13-4-2-5-14-27)33-19-10-11-20-34(33)40(43(36)42)28-15-6-3-7-16-28/h2-26H,1H3. The zero-order valence-electron chi connectivity index (χ0n) is 25.3. The molecule has 0 fully saturated rings. The van der Waals surface area contributed by atoms with Gasteiger partial charge in [-0.2, -0.15) is 0 Å². The molecular formula is C44H28O2. The van der Waals surface area contributed by atoms with Crippen LogP contribution in [0.25, 0.3) is 88.0 Å². The molecule has 0 heterocycles. The monoisotopic (exact) mass is 588 g/mol. The van der Waals surface area contributed by atoms with Crippen LogP contribution in [0.3, 0.4) is 0 Å². The highest BCUT2D eigenvalue weighted by Crippen LogP contribution is 2.58. The second kappa shape index (κ2) is 10.3. The Labute approximate surface area is 267 Å². The van der Waals surface area contributed by atoms with E-state index in [1.54, 1.807) is 0 Å². The zero-order chi connectivity index (χ0) is 30.8. The Morgan fingerprint density at radius 2 is 0.935 bits per heavy atom. The van der Waals surface area contributed by atoms with Crippen molar-refractivity contribution in [1.82, 2.24) is 0 Å². The Hall–Kier alpha value is -5.99. The second-order valence-electron chi connectivity index (χ2n) is 11.9. The van der Waals surface area contributed by atoms with E-state index in [-0.39, 0.29) is 5.97 Å². The number of esters is 1. The van der Waals surface area contributed by atoms with Crippen molar-refractivity contribution in [3.8, 4) is 55.6 Å². The molecule has 0 spiro atoms. The van der Waals surface area contributed by atoms with Gasteiger partial charge in [0, 0.05) is 0 Å². The first kappa shape index (κ1) is 26.4. The molecule has 2 nitrogen and oxygen atoms in total. The zero-order valence-corrected chi connectivity index (χ0v) is 25.3. The lowest BCUT2D eigenvalue weighted by atomic mass is 9.82. The van der Waals surface area contributed by atoms with Crippen LogP contribution in [0.4, 0.5) is 0 Å². The summed E-state index contributed by atoms with van der Waals surface area (Å²) >= 11 is 0. The highest BCUT2D eigenvalue weighted by Gasteiger charge is 2.31. The maximum atomic E-state index is 13.2. The smallest absolute Gasteiger partial charge is 0.338 e. The highest BCUT2D eigenvalue weighted by atomic mass is 16.5. The van der Waals surface area contributed by atoms with Gasteiger partial charge in [-0.25, -0.2) is 4.79 Å². The maximum Gasteiger partial charge on any atom is 0.338 e. The Morgan fingerprint density at radius 1 is 0.435 bits per heavy atom. The van der Waals surface area contributed by atoms with Crippen molar-refractivity contribution >= 4 is 38.3 Å². The van der Waals surface area contributed by atoms with E-state index >= 15 is 0 Å². The van der Waals surface area contributed by atoms with Gasteiger partial charge in [0.2, 0.25) is 0 Å². The molecule has 0 radical (unpaired) electrons. The van der Waals surface area contributed by atoms with Crippen molar-refractivity contribution in [1.29, 1.82) is 0 Å². The molecule has 0 atom stereocenters. The number of fused-ring (bicyclic) bond motifs is 5. The summed E-state index contributed by atoms with van der Waals surface area (Å²) in [5, 5.41) is 6.90. The van der Waals surface area contributed by atoms with Crippen LogP contribution in [0.5, 0.6) is 0 Å². The van der Waals surface area contributed by atoms with Crippen LogP contribution in [-0.4, -0.2) is 13.1 Å². The van der Waals surface area contributed by atoms with Gasteiger partial charge in [-0.1, -0.05) is 140 Å². The predicted molar refractivity (Wildman–Crippen MR) is 191 cm³/mol. The van der Waals surface area contributed by atoms with Crippen molar-refractivity contribution in [3.05, 3.63) is 157 Å². The fourth-order valence-electron chi connectivity index (χ4n) is 7.59. The van der Waals surface area contributed by atoms with E-state index in [0.29, 0.717) is 5.56 Å². The van der Waals surface area contributed by atoms with Crippen LogP contribution in [0.2, 0.25) is 0 Å². The topological polar surface area (TPSA) is 26.3 Å². The van der Waals surface area contributed by atoms with Crippen molar-refractivity contribution in [2.24, 2.45) is 0 Å². The summed E-state index contributed by atoms with van der Waals surface area (Å²) in [5.41, 5.74) is 12.3. The average Bonchev–Trinajstić information content (AvgIpc) is 3.45. The summed E-state index contributed by atoms with van der Waals surface area (Å²) < 4.78 is 5.30. The van der Waals surface area contributed by atoms with Gasteiger partial charge in [0.15, 0.2) is 0 Å². The summed E-state index contributed by atoms with van der Waals surface area (Å²) in [5.74, 6) is -0.337. The molecule has 0 unspecified atom stereocenters. The lowest BCUT2D eigenvalue weighted by Gasteiger charge is -2.20. The van der Waals surface area contributed by atoms with Gasteiger partial charge in [0.05, 0.1) is 12.7 Å². The maximum absolute atomic E-state index is 13.2. The van der Waals surface area contributed by atoms with Crippen LogP contribution in [0, 0.1) is 0 Å². The molecule has 0 bridgehead atoms. The summed E-state index contributed by atoms with van der Waals surface area (Å²) in [7, 11) is 1.45. The van der Waals surface area contributed by atoms with E-state index in [9.17, 15) is 4.79 Å². The van der Waals surface area contributed by atoms with E-state index in [4.69, 9.17) is 4.74 Å². The summed E-state index contributed by atoms with van der Waals surface area (Å²) in [6, 6.07) is 53.7. The first-order valence-corrected chi connectivity index (χ1v) is 15.6. The van der Waals surface area contributed by atoms with Gasteiger partial charge in [0.25, 0.3) is 0 Å². The molecule has 1 aliphatic rings. The number of hydrogen-bond acceptors (Lipinski definition) is 2. The molecule has 46 heavy (non-hydrogen) atoms. The molecular weight excluding hydrogens is 560 g/mol. The van der Waals surface area contributed by atoms with Crippen molar-refractivity contribution in [3.63, 3.8) is 0 Å². The predicted octanol–water partition coefficient (Wildman–Crippen LogP) is 11.6. The quantitative estimate of drug-likeness (QED) is 0.191. The van der Waals surface area contributed by atoms with Gasteiger partial charge in [-0.05, 0) is 100 Å². The normalized spacial score (nSPS) is 11.7. The fourth-order valence-corrected chi connectivity index (χ4v) is 7.59. The van der Waals surface area contributed by atoms with Crippen molar-refractivity contribution < 1.29 is 9.53 Å². The van der Waals surface area contributed by atoms with Gasteiger partial charge in [-0.15, -0.1) is 0 Å². The minimum absolute atomic E-state index is 0.337. The molecule has 0 saturated carbocycles. The van der Waals surface area contributed by atoms with E-state index in [0.717, 1.165) is 27.3 Å². The van der Waals surface area contributed by atoms with Crippen LogP contribution in [-0.2, 0) is 4.74 Å². The number of benzene rings is 8. The second-order valence-corrected chi connectivity index (χ2v) is 11.9. The molecule has 1 aliphatic carbocycles. The van der Waals surface area contributed by atoms with Gasteiger partial charge < -0.3 is 4.74 Å². The third-order valence-corrected chi connectivity index (χ3v) is 9.50. The van der Waals surface area contributed by atoms with Crippen molar-refractivity contribution in [2.75, 3.05) is 7.11 Å². The molecule has 0 aliphatic heterocycles. The number of carbonyl (C=O) groups excluding carboxylic acids is 1. The van der Waals surface area contributed by atoms with Crippen LogP contribution in [0.15, 0.2) is 152 Å². The summed E-state index contributed by atoms with van der Waals surface area (Å²) in [6.07, 6.45) is 0. The Balaban J connectivity index is 1.43. The molecule has 0 amide bonds. The molecule has 8 aromatic carbocycles. The third kappa shape index (κ3) is 3.80. The Morgan fingerprint density at radius 3 is 1.54 bits per heavy atom. The number of rotatable bonds is 4. The van der Waals surface area contributed by atoms with Gasteiger partial charge >= 0.3 is 5.97 Å². The molecule has 2 heteroatoms. The Kier molecular flexibility index (Phi) is 5.91. The fraction of sp³-hybridized carbons (Fsp3) is 0.0227. The minimum atomic E-state index is -0.337. The number of ether oxygens (including phenoxy) is 1. The van der Waals surface area contributed by atoms with E-state index < -0.39 is 0 Å². The highest BCUT2D eigenvalue weighted by molar-refractivity contribution is 6.29. The molecule has 0 N–H and O–H groups in total. The van der Waals surface area contributed by atoms with Crippen LogP contribution >= 0.6 is 0 Å². The van der Waals surface area contributed by atoms with E-state index in [2.05, 4.69) is 127 Å². The molecule has 0 saturated heterocycles. The molecule has 9 rings (SSSR count). The van der Waals surface area contributed by atoms with Crippen LogP contribution < -0.4 is 0 Å². The molecule has 0 aromatic heterocycles. The van der Waals surface area contributed by atoms with E-state index in [1.165, 1.54) is 67.8 Å². The minimum Gasteiger partial charge on any atom is -0.465 e. The lowest BCUT2D eigenvalue weighted by molar-refractivity contribution is 0.0602. The van der Waals surface area contributed by atoms with Crippen LogP contribution in [0.1, 0.15) is 10.4 Å². The Bertz CT molecular complexity index is 2420.